The Labute approximate surface area is 114 Å². The largest absolute Gasteiger partial charge is 0.464 e. The van der Waals surface area contributed by atoms with Gasteiger partial charge in [-0.1, -0.05) is 13.3 Å². The summed E-state index contributed by atoms with van der Waals surface area (Å²) in [5, 5.41) is 14.7. The molecule has 0 radical (unpaired) electrons. The molecule has 0 unspecified atom stereocenters. The molecule has 0 aliphatic rings. The minimum Gasteiger partial charge on any atom is -0.464 e. The zero-order chi connectivity index (χ0) is 14.5. The van der Waals surface area contributed by atoms with Gasteiger partial charge in [-0.05, 0) is 39.3 Å². The number of hydrogen-bond donors (Lipinski definition) is 1. The maximum atomic E-state index is 11.3. The van der Waals surface area contributed by atoms with Crippen molar-refractivity contribution in [1.82, 2.24) is 9.99 Å². The Kier molecular flexibility index (Phi) is 5.03. The van der Waals surface area contributed by atoms with Gasteiger partial charge in [-0.3, -0.25) is 4.98 Å². The van der Waals surface area contributed by atoms with Crippen molar-refractivity contribution in [2.24, 2.45) is 5.10 Å². The second-order valence-electron chi connectivity index (χ2n) is 5.30. The van der Waals surface area contributed by atoms with Gasteiger partial charge < -0.3 is 5.11 Å². The van der Waals surface area contributed by atoms with Crippen molar-refractivity contribution in [2.75, 3.05) is 0 Å². The number of pyridine rings is 1. The number of hydrazone groups is 1. The smallest absolute Gasteiger partial charge is 0.428 e. The number of carboxylic acid groups (broad SMARTS) is 1. The number of carbonyl (C=O) groups is 1. The van der Waals surface area contributed by atoms with Gasteiger partial charge >= 0.3 is 6.09 Å². The molecule has 0 saturated carbocycles. The lowest BCUT2D eigenvalue weighted by molar-refractivity contribution is 0.103. The first kappa shape index (κ1) is 15.1. The molecule has 104 valence electrons. The number of aromatic nitrogens is 1. The molecule has 1 aromatic heterocycles. The summed E-state index contributed by atoms with van der Waals surface area (Å²) in [5.74, 6) is 0. The van der Waals surface area contributed by atoms with Crippen LogP contribution in [0.2, 0.25) is 0 Å². The van der Waals surface area contributed by atoms with Crippen molar-refractivity contribution in [2.45, 2.75) is 46.1 Å². The first-order chi connectivity index (χ1) is 8.86. The highest BCUT2D eigenvalue weighted by molar-refractivity contribution is 6.00. The van der Waals surface area contributed by atoms with E-state index in [-0.39, 0.29) is 0 Å². The molecule has 0 aliphatic heterocycles. The van der Waals surface area contributed by atoms with Crippen molar-refractivity contribution < 1.29 is 9.90 Å². The summed E-state index contributed by atoms with van der Waals surface area (Å²) in [7, 11) is 0. The van der Waals surface area contributed by atoms with Crippen LogP contribution in [-0.4, -0.2) is 32.4 Å². The molecule has 0 aromatic carbocycles. The molecular formula is C14H21N3O2. The van der Waals surface area contributed by atoms with Crippen LogP contribution in [0.3, 0.4) is 0 Å². The molecule has 1 heterocycles. The summed E-state index contributed by atoms with van der Waals surface area (Å²) in [6.45, 7) is 7.50. The average Bonchev–Trinajstić information content (AvgIpc) is 2.33. The molecule has 1 N–H and O–H groups in total. The predicted octanol–water partition coefficient (Wildman–Crippen LogP) is 3.36. The molecule has 5 nitrogen and oxygen atoms in total. The molecule has 0 atom stereocenters. The molecule has 0 saturated heterocycles. The summed E-state index contributed by atoms with van der Waals surface area (Å²) in [5.41, 5.74) is 1.10. The summed E-state index contributed by atoms with van der Waals surface area (Å²) < 4.78 is 0. The van der Waals surface area contributed by atoms with Crippen molar-refractivity contribution >= 4 is 11.8 Å². The van der Waals surface area contributed by atoms with Gasteiger partial charge in [0.05, 0.1) is 11.3 Å². The SMILES string of the molecule is CCC/C(=N\N(C(=O)O)C(C)(C)C)c1ccncc1. The Morgan fingerprint density at radius 3 is 2.37 bits per heavy atom. The first-order valence-electron chi connectivity index (χ1n) is 6.37. The van der Waals surface area contributed by atoms with Crippen molar-refractivity contribution in [3.8, 4) is 0 Å². The molecule has 1 aromatic rings. The fourth-order valence-electron chi connectivity index (χ4n) is 1.63. The fourth-order valence-corrected chi connectivity index (χ4v) is 1.63. The number of hydrogen-bond acceptors (Lipinski definition) is 3. The lowest BCUT2D eigenvalue weighted by Crippen LogP contribution is -2.41. The summed E-state index contributed by atoms with van der Waals surface area (Å²) >= 11 is 0. The fraction of sp³-hybridized carbons (Fsp3) is 0.500. The van der Waals surface area contributed by atoms with E-state index in [2.05, 4.69) is 10.1 Å². The Morgan fingerprint density at radius 1 is 1.37 bits per heavy atom. The van der Waals surface area contributed by atoms with Crippen LogP contribution in [0.4, 0.5) is 4.79 Å². The van der Waals surface area contributed by atoms with Crippen LogP contribution in [0.15, 0.2) is 29.6 Å². The maximum Gasteiger partial charge on any atom is 0.428 e. The zero-order valence-corrected chi connectivity index (χ0v) is 11.9. The van der Waals surface area contributed by atoms with E-state index >= 15 is 0 Å². The summed E-state index contributed by atoms with van der Waals surface area (Å²) in [6.07, 6.45) is 3.95. The van der Waals surface area contributed by atoms with E-state index in [1.165, 1.54) is 0 Å². The van der Waals surface area contributed by atoms with E-state index in [9.17, 15) is 9.90 Å². The van der Waals surface area contributed by atoms with Crippen LogP contribution in [0, 0.1) is 0 Å². The maximum absolute atomic E-state index is 11.3. The Bertz CT molecular complexity index is 450. The molecular weight excluding hydrogens is 242 g/mol. The molecule has 0 spiro atoms. The Balaban J connectivity index is 3.17. The average molecular weight is 263 g/mol. The zero-order valence-electron chi connectivity index (χ0n) is 11.9. The topological polar surface area (TPSA) is 65.8 Å². The highest BCUT2D eigenvalue weighted by Gasteiger charge is 2.26. The second kappa shape index (κ2) is 6.31. The van der Waals surface area contributed by atoms with Crippen LogP contribution in [0.5, 0.6) is 0 Å². The van der Waals surface area contributed by atoms with Gasteiger partial charge in [-0.2, -0.15) is 10.1 Å². The van der Waals surface area contributed by atoms with Crippen LogP contribution in [0.1, 0.15) is 46.1 Å². The van der Waals surface area contributed by atoms with Crippen molar-refractivity contribution in [3.63, 3.8) is 0 Å². The monoisotopic (exact) mass is 263 g/mol. The van der Waals surface area contributed by atoms with E-state index in [1.807, 2.05) is 39.8 Å². The minimum atomic E-state index is -1.05. The Morgan fingerprint density at radius 2 is 1.95 bits per heavy atom. The lowest BCUT2D eigenvalue weighted by atomic mass is 10.1. The quantitative estimate of drug-likeness (QED) is 0.669. The third kappa shape index (κ3) is 4.35. The van der Waals surface area contributed by atoms with Crippen LogP contribution >= 0.6 is 0 Å². The van der Waals surface area contributed by atoms with Gasteiger partial charge in [0.25, 0.3) is 0 Å². The molecule has 0 fully saturated rings. The first-order valence-corrected chi connectivity index (χ1v) is 6.37. The van der Waals surface area contributed by atoms with E-state index in [0.717, 1.165) is 29.1 Å². The van der Waals surface area contributed by atoms with Crippen LogP contribution < -0.4 is 0 Å². The molecule has 19 heavy (non-hydrogen) atoms. The third-order valence-electron chi connectivity index (χ3n) is 2.54. The number of amides is 1. The van der Waals surface area contributed by atoms with E-state index in [0.29, 0.717) is 0 Å². The van der Waals surface area contributed by atoms with Crippen LogP contribution in [-0.2, 0) is 0 Å². The predicted molar refractivity (Wildman–Crippen MR) is 75.3 cm³/mol. The molecule has 1 rings (SSSR count). The summed E-state index contributed by atoms with van der Waals surface area (Å²) in [6, 6.07) is 3.69. The van der Waals surface area contributed by atoms with Gasteiger partial charge in [0.1, 0.15) is 0 Å². The highest BCUT2D eigenvalue weighted by Crippen LogP contribution is 2.16. The molecule has 1 amide bonds. The second-order valence-corrected chi connectivity index (χ2v) is 5.30. The van der Waals surface area contributed by atoms with Crippen molar-refractivity contribution in [3.05, 3.63) is 30.1 Å². The minimum absolute atomic E-state index is 0.572. The standard InChI is InChI=1S/C14H21N3O2/c1-5-6-12(11-7-9-15-10-8-11)16-17(13(18)19)14(2,3)4/h7-10H,5-6H2,1-4H3,(H,18,19)/b16-12+. The van der Waals surface area contributed by atoms with E-state index < -0.39 is 11.6 Å². The normalized spacial score (nSPS) is 12.3. The number of nitrogens with zero attached hydrogens (tertiary/aromatic N) is 3. The van der Waals surface area contributed by atoms with E-state index in [4.69, 9.17) is 0 Å². The van der Waals surface area contributed by atoms with Gasteiger partial charge in [0.15, 0.2) is 0 Å². The third-order valence-corrected chi connectivity index (χ3v) is 2.54. The van der Waals surface area contributed by atoms with Gasteiger partial charge in [-0.25, -0.2) is 4.79 Å². The van der Waals surface area contributed by atoms with Gasteiger partial charge in [0.2, 0.25) is 0 Å². The van der Waals surface area contributed by atoms with Crippen LogP contribution in [0.25, 0.3) is 0 Å². The molecule has 5 heteroatoms. The molecule has 0 aliphatic carbocycles. The summed E-state index contributed by atoms with van der Waals surface area (Å²) in [4.78, 5) is 15.3. The lowest BCUT2D eigenvalue weighted by Gasteiger charge is -2.29. The van der Waals surface area contributed by atoms with E-state index in [1.54, 1.807) is 12.4 Å². The van der Waals surface area contributed by atoms with Crippen molar-refractivity contribution in [1.29, 1.82) is 0 Å². The van der Waals surface area contributed by atoms with Gasteiger partial charge in [-0.15, -0.1) is 0 Å². The highest BCUT2D eigenvalue weighted by atomic mass is 16.4. The Hall–Kier alpha value is -1.91. The molecule has 0 bridgehead atoms. The van der Waals surface area contributed by atoms with Gasteiger partial charge in [0, 0.05) is 18.0 Å². The number of rotatable bonds is 4.